The third kappa shape index (κ3) is 3.87. The first kappa shape index (κ1) is 21.6. The first-order chi connectivity index (χ1) is 16.3. The van der Waals surface area contributed by atoms with E-state index in [-0.39, 0.29) is 33.0 Å². The Bertz CT molecular complexity index is 1580. The first-order valence-electron chi connectivity index (χ1n) is 9.77. The number of para-hydroxylation sites is 1. The Morgan fingerprint density at radius 1 is 0.941 bits per heavy atom. The van der Waals surface area contributed by atoms with Crippen LogP contribution in [-0.2, 0) is 9.59 Å². The van der Waals surface area contributed by atoms with Gasteiger partial charge in [0.15, 0.2) is 5.58 Å². The van der Waals surface area contributed by atoms with Crippen LogP contribution in [0.15, 0.2) is 69.5 Å². The largest absolute Gasteiger partial charge is 0.421 e. The van der Waals surface area contributed by atoms with Crippen LogP contribution in [0.5, 0.6) is 0 Å². The Balaban J connectivity index is 1.74. The second-order valence-corrected chi connectivity index (χ2v) is 8.11. The second kappa shape index (κ2) is 8.29. The molecule has 1 saturated heterocycles. The van der Waals surface area contributed by atoms with E-state index in [4.69, 9.17) is 27.6 Å². The lowest BCUT2D eigenvalue weighted by Gasteiger charge is -2.13. The van der Waals surface area contributed by atoms with Crippen LogP contribution in [0.1, 0.15) is 5.56 Å². The van der Waals surface area contributed by atoms with Crippen molar-refractivity contribution in [3.8, 4) is 16.9 Å². The molecule has 4 amide bonds. The first-order valence-corrected chi connectivity index (χ1v) is 10.5. The number of amides is 4. The minimum Gasteiger partial charge on any atom is -0.421 e. The van der Waals surface area contributed by atoms with Crippen LogP contribution < -0.4 is 16.3 Å². The van der Waals surface area contributed by atoms with Gasteiger partial charge < -0.3 is 4.42 Å². The van der Waals surface area contributed by atoms with E-state index in [0.717, 1.165) is 0 Å². The van der Waals surface area contributed by atoms with Crippen LogP contribution in [0.25, 0.3) is 34.0 Å². The van der Waals surface area contributed by atoms with Crippen molar-refractivity contribution < 1.29 is 18.8 Å². The summed E-state index contributed by atoms with van der Waals surface area (Å²) < 4.78 is 6.92. The number of nitrogens with one attached hydrogen (secondary N) is 2. The quantitative estimate of drug-likeness (QED) is 0.254. The molecule has 2 N–H and O–H groups in total. The Labute approximate surface area is 200 Å². The Morgan fingerprint density at radius 3 is 2.35 bits per heavy atom. The number of carbonyl (C=O) groups is 3. The third-order valence-electron chi connectivity index (χ3n) is 5.01. The van der Waals surface area contributed by atoms with Gasteiger partial charge in [0.2, 0.25) is 0 Å². The number of nitrogens with zero attached hydrogens (tertiary/aromatic N) is 2. The van der Waals surface area contributed by atoms with Crippen molar-refractivity contribution in [1.29, 1.82) is 0 Å². The number of urea groups is 1. The summed E-state index contributed by atoms with van der Waals surface area (Å²) in [6.45, 7) is 0. The van der Waals surface area contributed by atoms with Crippen LogP contribution in [0.3, 0.4) is 0 Å². The van der Waals surface area contributed by atoms with Crippen molar-refractivity contribution in [1.82, 2.24) is 20.4 Å². The number of aromatic nitrogens is 2. The zero-order valence-corrected chi connectivity index (χ0v) is 18.5. The molecule has 34 heavy (non-hydrogen) atoms. The minimum atomic E-state index is -0.920. The van der Waals surface area contributed by atoms with Gasteiger partial charge in [0.1, 0.15) is 11.3 Å². The van der Waals surface area contributed by atoms with Crippen molar-refractivity contribution in [2.75, 3.05) is 0 Å². The van der Waals surface area contributed by atoms with Gasteiger partial charge in [-0.1, -0.05) is 41.4 Å². The van der Waals surface area contributed by atoms with E-state index in [2.05, 4.69) is 5.10 Å². The third-order valence-corrected chi connectivity index (χ3v) is 5.51. The Hall–Kier alpha value is -4.21. The van der Waals surface area contributed by atoms with E-state index >= 15 is 0 Å². The molecule has 2 aromatic carbocycles. The van der Waals surface area contributed by atoms with Gasteiger partial charge in [-0.3, -0.25) is 20.2 Å². The fraction of sp³-hybridized carbons (Fsp3) is 0. The van der Waals surface area contributed by atoms with Gasteiger partial charge in [0, 0.05) is 22.2 Å². The van der Waals surface area contributed by atoms with Crippen molar-refractivity contribution in [2.45, 2.75) is 0 Å². The molecule has 0 saturated carbocycles. The molecule has 1 aliphatic rings. The summed E-state index contributed by atoms with van der Waals surface area (Å²) in [4.78, 5) is 48.8. The molecule has 0 bridgehead atoms. The molecule has 0 radical (unpaired) electrons. The summed E-state index contributed by atoms with van der Waals surface area (Å²) in [6.07, 6.45) is 2.79. The Morgan fingerprint density at radius 2 is 1.65 bits per heavy atom. The summed E-state index contributed by atoms with van der Waals surface area (Å²) in [5, 5.41) is 9.50. The normalized spacial score (nSPS) is 13.7. The topological polar surface area (TPSA) is 123 Å². The van der Waals surface area contributed by atoms with Crippen LogP contribution in [0.2, 0.25) is 10.0 Å². The van der Waals surface area contributed by atoms with Crippen LogP contribution in [-0.4, -0.2) is 27.6 Å². The highest BCUT2D eigenvalue weighted by molar-refractivity contribution is 6.38. The van der Waals surface area contributed by atoms with Crippen molar-refractivity contribution in [2.24, 2.45) is 0 Å². The summed E-state index contributed by atoms with van der Waals surface area (Å²) in [7, 11) is 0. The number of rotatable bonds is 3. The lowest BCUT2D eigenvalue weighted by Crippen LogP contribution is -2.51. The van der Waals surface area contributed by atoms with Gasteiger partial charge >= 0.3 is 11.7 Å². The number of barbiturate groups is 1. The van der Waals surface area contributed by atoms with E-state index in [1.54, 1.807) is 36.5 Å². The number of hydrogen-bond acceptors (Lipinski definition) is 6. The molecular formula is C23H12Cl2N4O5. The van der Waals surface area contributed by atoms with Gasteiger partial charge in [-0.15, -0.1) is 0 Å². The summed E-state index contributed by atoms with van der Waals surface area (Å²) in [5.41, 5.74) is 0.218. The molecule has 0 atom stereocenters. The molecule has 11 heteroatoms. The summed E-state index contributed by atoms with van der Waals surface area (Å²) >= 11 is 12.3. The zero-order valence-electron chi connectivity index (χ0n) is 17.0. The molecule has 0 aliphatic carbocycles. The molecule has 3 heterocycles. The SMILES string of the molecule is O=C1NC(=O)C(=Cc2cn(-c3ccccc3)nc2-c2cc3cc(Cl)cc(Cl)c3oc2=O)C(=O)N1. The van der Waals surface area contributed by atoms with Crippen molar-refractivity contribution >= 4 is 58.1 Å². The van der Waals surface area contributed by atoms with E-state index in [1.165, 1.54) is 22.9 Å². The highest BCUT2D eigenvalue weighted by Gasteiger charge is 2.29. The van der Waals surface area contributed by atoms with E-state index in [0.29, 0.717) is 16.1 Å². The molecule has 1 aliphatic heterocycles. The monoisotopic (exact) mass is 494 g/mol. The highest BCUT2D eigenvalue weighted by atomic mass is 35.5. The van der Waals surface area contributed by atoms with Gasteiger partial charge in [-0.2, -0.15) is 5.10 Å². The van der Waals surface area contributed by atoms with E-state index in [1.807, 2.05) is 16.7 Å². The van der Waals surface area contributed by atoms with Gasteiger partial charge in [-0.05, 0) is 36.4 Å². The maximum absolute atomic E-state index is 12.9. The lowest BCUT2D eigenvalue weighted by molar-refractivity contribution is -0.123. The lowest BCUT2D eigenvalue weighted by atomic mass is 10.0. The zero-order chi connectivity index (χ0) is 24.0. The molecule has 9 nitrogen and oxygen atoms in total. The number of carbonyl (C=O) groups excluding carboxylic acids is 3. The minimum absolute atomic E-state index is 0.0556. The van der Waals surface area contributed by atoms with Crippen LogP contribution >= 0.6 is 23.2 Å². The maximum Gasteiger partial charge on any atom is 0.345 e. The second-order valence-electron chi connectivity index (χ2n) is 7.26. The summed E-state index contributed by atoms with van der Waals surface area (Å²) in [5.74, 6) is -1.76. The molecule has 5 rings (SSSR count). The predicted octanol–water partition coefficient (Wildman–Crippen LogP) is 3.70. The molecule has 4 aromatic rings. The predicted molar refractivity (Wildman–Crippen MR) is 125 cm³/mol. The van der Waals surface area contributed by atoms with E-state index < -0.39 is 23.5 Å². The number of benzene rings is 2. The Kier molecular flexibility index (Phi) is 5.27. The van der Waals surface area contributed by atoms with Gasteiger partial charge in [0.25, 0.3) is 11.8 Å². The van der Waals surface area contributed by atoms with Crippen molar-refractivity contribution in [3.63, 3.8) is 0 Å². The van der Waals surface area contributed by atoms with Gasteiger partial charge in [-0.25, -0.2) is 14.3 Å². The van der Waals surface area contributed by atoms with Gasteiger partial charge in [0.05, 0.1) is 16.3 Å². The average molecular weight is 495 g/mol. The number of hydrogen-bond donors (Lipinski definition) is 2. The van der Waals surface area contributed by atoms with E-state index in [9.17, 15) is 19.2 Å². The number of fused-ring (bicyclic) bond motifs is 1. The summed E-state index contributed by atoms with van der Waals surface area (Å²) in [6, 6.07) is 12.6. The average Bonchev–Trinajstić information content (AvgIpc) is 3.20. The molecule has 2 aromatic heterocycles. The van der Waals surface area contributed by atoms with Crippen molar-refractivity contribution in [3.05, 3.63) is 86.3 Å². The highest BCUT2D eigenvalue weighted by Crippen LogP contribution is 2.31. The number of halogens is 2. The molecule has 1 fully saturated rings. The molecule has 168 valence electrons. The fourth-order valence-corrected chi connectivity index (χ4v) is 4.05. The molecule has 0 unspecified atom stereocenters. The smallest absolute Gasteiger partial charge is 0.345 e. The van der Waals surface area contributed by atoms with Crippen LogP contribution in [0.4, 0.5) is 4.79 Å². The standard InChI is InChI=1S/C23H12Cl2N4O5/c24-13-6-11-7-15(22(32)34-19(11)17(25)9-13)18-12(8-16-20(30)26-23(33)27-21(16)31)10-29(28-18)14-4-2-1-3-5-14/h1-10H,(H2,26,27,30,31,33). The maximum atomic E-state index is 12.9. The van der Waals surface area contributed by atoms with Crippen LogP contribution in [0, 0.1) is 0 Å². The molecule has 0 spiro atoms. The number of imide groups is 2. The fourth-order valence-electron chi connectivity index (χ4n) is 3.50. The molecular weight excluding hydrogens is 483 g/mol.